The Morgan fingerprint density at radius 1 is 0.743 bits per heavy atom. The zero-order valence-electron chi connectivity index (χ0n) is 21.6. The Balaban J connectivity index is 0.000000240. The number of nitrogens with one attached hydrogen (secondary N) is 1. The Bertz CT molecular complexity index is 1250. The molecule has 2 aromatic carbocycles. The molecule has 0 amide bonds. The molecule has 0 radical (unpaired) electrons. The minimum Gasteiger partial charge on any atom is -0.378 e. The van der Waals surface area contributed by atoms with Gasteiger partial charge in [-0.3, -0.25) is 0 Å². The first-order valence-electron chi connectivity index (χ1n) is 11.5. The zero-order chi connectivity index (χ0) is 24.7. The van der Waals surface area contributed by atoms with E-state index >= 15 is 0 Å². The molecule has 0 saturated carbocycles. The summed E-state index contributed by atoms with van der Waals surface area (Å²) >= 11 is 0. The second-order valence-corrected chi connectivity index (χ2v) is 8.73. The maximum absolute atomic E-state index is 4.40. The first-order chi connectivity index (χ1) is 16.3. The van der Waals surface area contributed by atoms with Crippen LogP contribution in [0.4, 0.5) is 5.69 Å². The molecule has 1 N–H and O–H groups in total. The normalized spacial score (nSPS) is 10.1. The van der Waals surface area contributed by atoms with E-state index in [1.807, 2.05) is 45.7 Å². The molecule has 184 valence electrons. The molecule has 5 heteroatoms. The van der Waals surface area contributed by atoms with Gasteiger partial charge in [0.15, 0.2) is 0 Å². The van der Waals surface area contributed by atoms with Crippen molar-refractivity contribution in [3.63, 3.8) is 0 Å². The number of nitrogens with zero attached hydrogens (tertiary/aromatic N) is 3. The van der Waals surface area contributed by atoms with Crippen molar-refractivity contribution in [1.82, 2.24) is 15.3 Å². The van der Waals surface area contributed by atoms with Crippen LogP contribution in [0.5, 0.6) is 0 Å². The summed E-state index contributed by atoms with van der Waals surface area (Å²) in [5, 5.41) is 3.15. The number of hydrogen-bond donors (Lipinski definition) is 1. The van der Waals surface area contributed by atoms with Crippen LogP contribution in [0.3, 0.4) is 0 Å². The first kappa shape index (κ1) is 28.4. The van der Waals surface area contributed by atoms with Gasteiger partial charge in [-0.2, -0.15) is 0 Å². The van der Waals surface area contributed by atoms with Crippen molar-refractivity contribution in [3.8, 4) is 22.5 Å². The van der Waals surface area contributed by atoms with Crippen molar-refractivity contribution in [2.24, 2.45) is 0 Å². The average Bonchev–Trinajstić information content (AvgIpc) is 2.83. The Morgan fingerprint density at radius 2 is 1.26 bits per heavy atom. The molecule has 0 aliphatic carbocycles. The SMILES string of the molecule is CNCc1ccnc(-c2[c-]c(C)c(C)cc2)c1.Cc1[c-]c(-c2cc(N(C)C)ccn2)ccc1C.[Pt+2]. The Kier molecular flexibility index (Phi) is 10.8. The van der Waals surface area contributed by atoms with Crippen LogP contribution in [-0.2, 0) is 27.6 Å². The molecule has 0 aliphatic heterocycles. The van der Waals surface area contributed by atoms with Gasteiger partial charge >= 0.3 is 21.1 Å². The van der Waals surface area contributed by atoms with Crippen LogP contribution in [0.2, 0.25) is 0 Å². The molecule has 0 aliphatic rings. The molecule has 0 unspecified atom stereocenters. The molecule has 0 spiro atoms. The van der Waals surface area contributed by atoms with Crippen molar-refractivity contribution in [2.75, 3.05) is 26.0 Å². The number of hydrogen-bond acceptors (Lipinski definition) is 4. The maximum atomic E-state index is 4.40. The number of rotatable bonds is 5. The number of pyridine rings is 2. The standard InChI is InChI=1S/2C15H17N2.Pt/c1-11-5-6-13(9-12(11)2)15-10-14(17(3)4)7-8-16-15;1-11-4-5-14(8-12(11)2)15-9-13(10-16-3)6-7-17-15;/h5-8,10H,1-4H3;4-7,9,16H,10H2,1-3H3;/q2*-1;+2. The maximum Gasteiger partial charge on any atom is 2.00 e. The van der Waals surface area contributed by atoms with E-state index in [2.05, 4.69) is 96.4 Å². The van der Waals surface area contributed by atoms with Crippen LogP contribution in [-0.4, -0.2) is 31.1 Å². The van der Waals surface area contributed by atoms with Crippen LogP contribution in [0.1, 0.15) is 27.8 Å². The molecule has 2 aromatic heterocycles. The van der Waals surface area contributed by atoms with Gasteiger partial charge in [0.25, 0.3) is 0 Å². The quantitative estimate of drug-likeness (QED) is 0.266. The molecule has 2 heterocycles. The van der Waals surface area contributed by atoms with Gasteiger partial charge in [-0.15, -0.1) is 69.8 Å². The largest absolute Gasteiger partial charge is 2.00 e. The number of aromatic nitrogens is 2. The minimum atomic E-state index is 0. The van der Waals surface area contributed by atoms with E-state index in [1.165, 1.54) is 27.8 Å². The molecule has 4 nitrogen and oxygen atoms in total. The van der Waals surface area contributed by atoms with Gasteiger partial charge in [0.1, 0.15) is 0 Å². The third kappa shape index (κ3) is 7.85. The average molecular weight is 646 g/mol. The molecule has 4 aromatic rings. The number of anilines is 1. The summed E-state index contributed by atoms with van der Waals surface area (Å²) in [5.41, 5.74) is 11.4. The van der Waals surface area contributed by atoms with Crippen molar-refractivity contribution in [1.29, 1.82) is 0 Å². The van der Waals surface area contributed by atoms with Gasteiger partial charge in [-0.25, -0.2) is 0 Å². The van der Waals surface area contributed by atoms with E-state index in [0.29, 0.717) is 0 Å². The fourth-order valence-corrected chi connectivity index (χ4v) is 3.43. The van der Waals surface area contributed by atoms with E-state index in [4.69, 9.17) is 0 Å². The molecule has 4 rings (SSSR count). The summed E-state index contributed by atoms with van der Waals surface area (Å²) in [4.78, 5) is 10.9. The third-order valence-electron chi connectivity index (χ3n) is 5.84. The molecule has 0 atom stereocenters. The molecule has 0 bridgehead atoms. The fraction of sp³-hybridized carbons (Fsp3) is 0.267. The predicted octanol–water partition coefficient (Wildman–Crippen LogP) is 6.11. The van der Waals surface area contributed by atoms with Crippen molar-refractivity contribution in [2.45, 2.75) is 34.2 Å². The monoisotopic (exact) mass is 645 g/mol. The molecular weight excluding hydrogens is 611 g/mol. The molecule has 0 saturated heterocycles. The van der Waals surface area contributed by atoms with Crippen LogP contribution in [0, 0.1) is 39.8 Å². The molecular formula is C30H34N4Pt. The van der Waals surface area contributed by atoms with Gasteiger partial charge in [0, 0.05) is 38.7 Å². The van der Waals surface area contributed by atoms with E-state index in [-0.39, 0.29) is 21.1 Å². The third-order valence-corrected chi connectivity index (χ3v) is 5.84. The summed E-state index contributed by atoms with van der Waals surface area (Å²) in [6, 6.07) is 23.4. The Labute approximate surface area is 225 Å². The smallest absolute Gasteiger partial charge is 0.378 e. The second-order valence-electron chi connectivity index (χ2n) is 8.73. The van der Waals surface area contributed by atoms with Gasteiger partial charge in [0.05, 0.1) is 0 Å². The predicted molar refractivity (Wildman–Crippen MR) is 143 cm³/mol. The number of benzene rings is 2. The topological polar surface area (TPSA) is 41.1 Å². The molecule has 0 fully saturated rings. The van der Waals surface area contributed by atoms with Gasteiger partial charge in [-0.1, -0.05) is 39.8 Å². The van der Waals surface area contributed by atoms with E-state index in [0.717, 1.165) is 34.7 Å². The fourth-order valence-electron chi connectivity index (χ4n) is 3.43. The van der Waals surface area contributed by atoms with Crippen LogP contribution in [0.25, 0.3) is 22.5 Å². The molecule has 35 heavy (non-hydrogen) atoms. The van der Waals surface area contributed by atoms with Gasteiger partial charge in [0.2, 0.25) is 0 Å². The Hall–Kier alpha value is -2.81. The van der Waals surface area contributed by atoms with Crippen molar-refractivity contribution >= 4 is 5.69 Å². The summed E-state index contributed by atoms with van der Waals surface area (Å²) in [7, 11) is 6.01. The van der Waals surface area contributed by atoms with Crippen LogP contribution in [0.15, 0.2) is 60.9 Å². The summed E-state index contributed by atoms with van der Waals surface area (Å²) < 4.78 is 0. The minimum absolute atomic E-state index is 0. The van der Waals surface area contributed by atoms with Gasteiger partial charge < -0.3 is 20.2 Å². The van der Waals surface area contributed by atoms with Crippen molar-refractivity contribution in [3.05, 3.63) is 101 Å². The number of aryl methyl sites for hydroxylation is 4. The van der Waals surface area contributed by atoms with Crippen LogP contribution < -0.4 is 10.2 Å². The summed E-state index contributed by atoms with van der Waals surface area (Å²) in [6.07, 6.45) is 3.69. The van der Waals surface area contributed by atoms with E-state index in [1.54, 1.807) is 0 Å². The first-order valence-corrected chi connectivity index (χ1v) is 11.5. The second kappa shape index (κ2) is 13.3. The summed E-state index contributed by atoms with van der Waals surface area (Å²) in [5.74, 6) is 0. The van der Waals surface area contributed by atoms with Crippen molar-refractivity contribution < 1.29 is 21.1 Å². The Morgan fingerprint density at radius 3 is 1.74 bits per heavy atom. The summed E-state index contributed by atoms with van der Waals surface area (Å²) in [6.45, 7) is 9.21. The van der Waals surface area contributed by atoms with E-state index < -0.39 is 0 Å². The van der Waals surface area contributed by atoms with Gasteiger partial charge in [-0.05, 0) is 36.1 Å². The van der Waals surface area contributed by atoms with E-state index in [9.17, 15) is 0 Å². The van der Waals surface area contributed by atoms with Crippen LogP contribution >= 0.6 is 0 Å². The zero-order valence-corrected chi connectivity index (χ0v) is 23.9.